The van der Waals surface area contributed by atoms with Gasteiger partial charge >= 0.3 is 6.09 Å². The lowest BCUT2D eigenvalue weighted by Crippen LogP contribution is -2.54. The van der Waals surface area contributed by atoms with E-state index in [0.717, 1.165) is 17.2 Å². The number of likely N-dealkylation sites (tertiary alicyclic amines) is 2. The predicted octanol–water partition coefficient (Wildman–Crippen LogP) is 3.68. The molecular weight excluding hydrogens is 549 g/mol. The SMILES string of the molecule is C[C@H](/C=C\S(C)(=O)=O)NC(=O)C1(F)CCN(C(=O)[C@H]2CN(C(=O)OC(C)(C)C)C[C@H]2c2ccccc2Cl)CC1. The second kappa shape index (κ2) is 11.8. The van der Waals surface area contributed by atoms with E-state index in [1.54, 1.807) is 39.8 Å². The van der Waals surface area contributed by atoms with Gasteiger partial charge in [-0.25, -0.2) is 17.6 Å². The zero-order valence-electron chi connectivity index (χ0n) is 22.9. The van der Waals surface area contributed by atoms with Gasteiger partial charge in [-0.1, -0.05) is 35.9 Å². The molecule has 3 atom stereocenters. The minimum Gasteiger partial charge on any atom is -0.444 e. The number of halogens is 2. The molecule has 3 amide bonds. The Morgan fingerprint density at radius 2 is 1.77 bits per heavy atom. The number of alkyl halides is 1. The lowest BCUT2D eigenvalue weighted by molar-refractivity contribution is -0.144. The lowest BCUT2D eigenvalue weighted by atomic mass is 9.86. The summed E-state index contributed by atoms with van der Waals surface area (Å²) in [6.07, 6.45) is 1.38. The quantitative estimate of drug-likeness (QED) is 0.545. The van der Waals surface area contributed by atoms with Crippen LogP contribution >= 0.6 is 11.6 Å². The van der Waals surface area contributed by atoms with Gasteiger partial charge in [-0.2, -0.15) is 0 Å². The van der Waals surface area contributed by atoms with Crippen LogP contribution in [0.25, 0.3) is 0 Å². The van der Waals surface area contributed by atoms with E-state index in [1.165, 1.54) is 15.9 Å². The summed E-state index contributed by atoms with van der Waals surface area (Å²) in [4.78, 5) is 42.2. The van der Waals surface area contributed by atoms with Crippen LogP contribution in [0.2, 0.25) is 5.02 Å². The number of ether oxygens (including phenoxy) is 1. The smallest absolute Gasteiger partial charge is 0.410 e. The first kappa shape index (κ1) is 30.9. The Balaban J connectivity index is 1.71. The number of benzene rings is 1. The van der Waals surface area contributed by atoms with Crippen LogP contribution in [0, 0.1) is 5.92 Å². The van der Waals surface area contributed by atoms with Gasteiger partial charge in [0.05, 0.1) is 5.92 Å². The first-order valence-corrected chi connectivity index (χ1v) is 15.2. The summed E-state index contributed by atoms with van der Waals surface area (Å²) in [6.45, 7) is 7.28. The number of carbonyl (C=O) groups is 3. The van der Waals surface area contributed by atoms with Crippen molar-refractivity contribution in [2.45, 2.75) is 63.8 Å². The van der Waals surface area contributed by atoms with E-state index in [4.69, 9.17) is 16.3 Å². The summed E-state index contributed by atoms with van der Waals surface area (Å²) in [7, 11) is -3.38. The summed E-state index contributed by atoms with van der Waals surface area (Å²) in [5.41, 5.74) is -2.14. The Labute approximate surface area is 234 Å². The number of carbonyl (C=O) groups excluding carboxylic acids is 3. The highest BCUT2D eigenvalue weighted by Gasteiger charge is 2.47. The number of piperidine rings is 1. The first-order chi connectivity index (χ1) is 18.0. The number of rotatable bonds is 6. The molecule has 2 fully saturated rings. The lowest BCUT2D eigenvalue weighted by Gasteiger charge is -2.37. The molecule has 1 aromatic rings. The summed E-state index contributed by atoms with van der Waals surface area (Å²) in [5.74, 6) is -2.06. The Morgan fingerprint density at radius 3 is 2.33 bits per heavy atom. The number of hydrogen-bond acceptors (Lipinski definition) is 6. The molecular formula is C27H37ClFN3O6S. The second-order valence-corrected chi connectivity index (χ2v) is 13.7. The maximum absolute atomic E-state index is 15.6. The summed E-state index contributed by atoms with van der Waals surface area (Å²) < 4.78 is 43.7. The standard InChI is InChI=1S/C27H37ClFN3O6S/c1-18(10-15-39(5,36)37)30-24(34)27(29)11-13-31(14-12-27)23(33)21-17-32(25(35)38-26(2,3)4)16-20(21)19-8-6-7-9-22(19)28/h6-10,15,18,20-21H,11-14,16-17H2,1-5H3,(H,30,34)/b15-10-/t18-,20+,21+/m1/s1. The van der Waals surface area contributed by atoms with E-state index < -0.39 is 45.1 Å². The van der Waals surface area contributed by atoms with E-state index >= 15 is 4.39 Å². The number of hydrogen-bond donors (Lipinski definition) is 1. The van der Waals surface area contributed by atoms with Crippen LogP contribution in [0.3, 0.4) is 0 Å². The number of sulfone groups is 1. The third-order valence-corrected chi connectivity index (χ3v) is 7.84. The fourth-order valence-electron chi connectivity index (χ4n) is 4.81. The highest BCUT2D eigenvalue weighted by Crippen LogP contribution is 2.39. The van der Waals surface area contributed by atoms with E-state index in [-0.39, 0.29) is 50.8 Å². The van der Waals surface area contributed by atoms with Gasteiger partial charge in [-0.3, -0.25) is 9.59 Å². The molecule has 3 rings (SSSR count). The van der Waals surface area contributed by atoms with Crippen molar-refractivity contribution >= 4 is 39.3 Å². The Hall–Kier alpha value is -2.66. The highest BCUT2D eigenvalue weighted by molar-refractivity contribution is 7.93. The molecule has 0 spiro atoms. The van der Waals surface area contributed by atoms with Crippen molar-refractivity contribution in [3.8, 4) is 0 Å². The van der Waals surface area contributed by atoms with E-state index in [9.17, 15) is 22.8 Å². The van der Waals surface area contributed by atoms with Crippen LogP contribution in [0.1, 0.15) is 52.0 Å². The minimum absolute atomic E-state index is 0.0223. The van der Waals surface area contributed by atoms with Crippen LogP contribution < -0.4 is 5.32 Å². The van der Waals surface area contributed by atoms with Gasteiger partial charge in [-0.15, -0.1) is 0 Å². The normalized spacial score (nSPS) is 22.5. The largest absolute Gasteiger partial charge is 0.444 e. The molecule has 1 N–H and O–H groups in total. The number of nitrogens with zero attached hydrogens (tertiary/aromatic N) is 2. The highest BCUT2D eigenvalue weighted by atomic mass is 35.5. The molecule has 0 saturated carbocycles. The van der Waals surface area contributed by atoms with Crippen LogP contribution in [-0.4, -0.2) is 85.9 Å². The fourth-order valence-corrected chi connectivity index (χ4v) is 5.61. The maximum atomic E-state index is 15.6. The zero-order valence-corrected chi connectivity index (χ0v) is 24.5. The van der Waals surface area contributed by atoms with E-state index in [1.807, 2.05) is 12.1 Å². The third kappa shape index (κ3) is 8.17. The van der Waals surface area contributed by atoms with Gasteiger partial charge in [0.2, 0.25) is 5.91 Å². The van der Waals surface area contributed by atoms with Gasteiger partial charge < -0.3 is 19.9 Å². The first-order valence-electron chi connectivity index (χ1n) is 12.9. The molecule has 0 unspecified atom stereocenters. The number of nitrogens with one attached hydrogen (secondary N) is 1. The van der Waals surface area contributed by atoms with Gasteiger partial charge in [0.25, 0.3) is 5.91 Å². The molecule has 39 heavy (non-hydrogen) atoms. The summed E-state index contributed by atoms with van der Waals surface area (Å²) in [6, 6.07) is 6.49. The molecule has 2 saturated heterocycles. The molecule has 2 heterocycles. The van der Waals surface area contributed by atoms with Crippen molar-refractivity contribution < 1.29 is 31.9 Å². The van der Waals surface area contributed by atoms with Crippen LogP contribution in [0.15, 0.2) is 35.7 Å². The Morgan fingerprint density at radius 1 is 1.15 bits per heavy atom. The molecule has 12 heteroatoms. The molecule has 0 aromatic heterocycles. The van der Waals surface area contributed by atoms with Gasteiger partial charge in [-0.05, 0) is 39.3 Å². The average Bonchev–Trinajstić information content (AvgIpc) is 3.27. The van der Waals surface area contributed by atoms with Crippen molar-refractivity contribution in [2.24, 2.45) is 5.92 Å². The molecule has 0 bridgehead atoms. The molecule has 0 aliphatic carbocycles. The predicted molar refractivity (Wildman–Crippen MR) is 147 cm³/mol. The van der Waals surface area contributed by atoms with Crippen molar-refractivity contribution in [2.75, 3.05) is 32.4 Å². The van der Waals surface area contributed by atoms with Crippen molar-refractivity contribution in [1.82, 2.24) is 15.1 Å². The Kier molecular flexibility index (Phi) is 9.37. The van der Waals surface area contributed by atoms with Gasteiger partial charge in [0.1, 0.15) is 5.60 Å². The minimum atomic E-state index is -3.38. The maximum Gasteiger partial charge on any atom is 0.410 e. The topological polar surface area (TPSA) is 113 Å². The van der Waals surface area contributed by atoms with Gasteiger partial charge in [0, 0.05) is 67.7 Å². The van der Waals surface area contributed by atoms with Crippen LogP contribution in [-0.2, 0) is 24.2 Å². The van der Waals surface area contributed by atoms with Crippen molar-refractivity contribution in [3.63, 3.8) is 0 Å². The summed E-state index contributed by atoms with van der Waals surface area (Å²) in [5, 5.41) is 3.94. The molecule has 216 valence electrons. The van der Waals surface area contributed by atoms with Crippen molar-refractivity contribution in [3.05, 3.63) is 46.3 Å². The number of amides is 3. The average molecular weight is 586 g/mol. The van der Waals surface area contributed by atoms with Crippen molar-refractivity contribution in [1.29, 1.82) is 0 Å². The monoisotopic (exact) mass is 585 g/mol. The molecule has 2 aliphatic heterocycles. The molecule has 9 nitrogen and oxygen atoms in total. The molecule has 0 radical (unpaired) electrons. The van der Waals surface area contributed by atoms with Gasteiger partial charge in [0.15, 0.2) is 15.5 Å². The Bertz CT molecular complexity index is 1220. The molecule has 2 aliphatic rings. The van der Waals surface area contributed by atoms with Crippen LogP contribution in [0.4, 0.5) is 9.18 Å². The molecule has 1 aromatic carbocycles. The van der Waals surface area contributed by atoms with E-state index in [0.29, 0.717) is 5.02 Å². The van der Waals surface area contributed by atoms with E-state index in [2.05, 4.69) is 5.32 Å². The summed E-state index contributed by atoms with van der Waals surface area (Å²) >= 11 is 6.46. The second-order valence-electron chi connectivity index (χ2n) is 11.3. The van der Waals surface area contributed by atoms with Crippen LogP contribution in [0.5, 0.6) is 0 Å². The zero-order chi connectivity index (χ0) is 29.2. The fraction of sp³-hybridized carbons (Fsp3) is 0.593. The third-order valence-electron chi connectivity index (χ3n) is 6.84.